The van der Waals surface area contributed by atoms with Gasteiger partial charge in [-0.2, -0.15) is 0 Å². The van der Waals surface area contributed by atoms with E-state index < -0.39 is 5.60 Å². The molecule has 0 aliphatic rings. The third kappa shape index (κ3) is 16.8. The summed E-state index contributed by atoms with van der Waals surface area (Å²) in [5, 5.41) is 15.8. The van der Waals surface area contributed by atoms with E-state index in [9.17, 15) is 0 Å². The van der Waals surface area contributed by atoms with Gasteiger partial charge in [-0.05, 0) is 20.3 Å². The summed E-state index contributed by atoms with van der Waals surface area (Å²) in [7, 11) is 1.00. The van der Waals surface area contributed by atoms with Crippen molar-refractivity contribution >= 4 is 0 Å². The van der Waals surface area contributed by atoms with Crippen LogP contribution < -0.4 is 0 Å². The van der Waals surface area contributed by atoms with Crippen LogP contribution in [0, 0.1) is 0 Å². The Balaban J connectivity index is 0. The van der Waals surface area contributed by atoms with E-state index in [0.717, 1.165) is 13.5 Å². The zero-order chi connectivity index (χ0) is 7.21. The predicted octanol–water partition coefficient (Wildman–Crippen LogP) is 0.776. The summed E-state index contributed by atoms with van der Waals surface area (Å²) in [6.45, 7) is 5.56. The normalized spacial score (nSPS) is 9.75. The van der Waals surface area contributed by atoms with Crippen molar-refractivity contribution in [2.75, 3.05) is 7.11 Å². The molecule has 0 amide bonds. The van der Waals surface area contributed by atoms with Crippen LogP contribution in [0.5, 0.6) is 0 Å². The molecule has 8 heavy (non-hydrogen) atoms. The molecule has 2 N–H and O–H groups in total. The second-order valence-corrected chi connectivity index (χ2v) is 2.17. The number of aliphatic hydroxyl groups is 2. The monoisotopic (exact) mass is 120 g/mol. The third-order valence-electron chi connectivity index (χ3n) is 0.865. The Morgan fingerprint density at radius 1 is 1.25 bits per heavy atom. The summed E-state index contributed by atoms with van der Waals surface area (Å²) in [4.78, 5) is 0. The maximum atomic E-state index is 8.83. The molecule has 0 aromatic heterocycles. The molecule has 0 atom stereocenters. The second kappa shape index (κ2) is 5.06. The zero-order valence-corrected chi connectivity index (χ0v) is 6.10. The largest absolute Gasteiger partial charge is 0.400 e. The van der Waals surface area contributed by atoms with E-state index in [2.05, 4.69) is 0 Å². The minimum atomic E-state index is -0.458. The highest BCUT2D eigenvalue weighted by atomic mass is 16.3. The molecule has 0 saturated heterocycles. The van der Waals surface area contributed by atoms with Crippen LogP contribution in [0.25, 0.3) is 0 Å². The molecule has 52 valence electrons. The summed E-state index contributed by atoms with van der Waals surface area (Å²) in [6, 6.07) is 0. The molecular weight excluding hydrogens is 104 g/mol. The number of aliphatic hydroxyl groups excluding tert-OH is 1. The number of hydrogen-bond acceptors (Lipinski definition) is 2. The molecular formula is C6H16O2. The smallest absolute Gasteiger partial charge is 0.0589 e. The Morgan fingerprint density at radius 2 is 1.38 bits per heavy atom. The maximum Gasteiger partial charge on any atom is 0.0589 e. The van der Waals surface area contributed by atoms with Crippen LogP contribution >= 0.6 is 0 Å². The van der Waals surface area contributed by atoms with Gasteiger partial charge >= 0.3 is 0 Å². The Bertz CT molecular complexity index is 36.3. The van der Waals surface area contributed by atoms with E-state index in [1.165, 1.54) is 0 Å². The molecule has 2 nitrogen and oxygen atoms in total. The molecule has 0 aromatic carbocycles. The van der Waals surface area contributed by atoms with Crippen LogP contribution in [0.2, 0.25) is 0 Å². The molecule has 0 unspecified atom stereocenters. The summed E-state index contributed by atoms with van der Waals surface area (Å²) >= 11 is 0. The average molecular weight is 120 g/mol. The van der Waals surface area contributed by atoms with Crippen molar-refractivity contribution in [1.82, 2.24) is 0 Å². The van der Waals surface area contributed by atoms with Gasteiger partial charge in [0, 0.05) is 7.11 Å². The van der Waals surface area contributed by atoms with Crippen molar-refractivity contribution in [1.29, 1.82) is 0 Å². The van der Waals surface area contributed by atoms with E-state index in [1.807, 2.05) is 6.92 Å². The van der Waals surface area contributed by atoms with Gasteiger partial charge in [0.25, 0.3) is 0 Å². The minimum Gasteiger partial charge on any atom is -0.400 e. The highest BCUT2D eigenvalue weighted by Gasteiger charge is 2.05. The van der Waals surface area contributed by atoms with Gasteiger partial charge < -0.3 is 10.2 Å². The van der Waals surface area contributed by atoms with E-state index in [4.69, 9.17) is 10.2 Å². The highest BCUT2D eigenvalue weighted by molar-refractivity contribution is 4.59. The molecule has 0 bridgehead atoms. The molecule has 0 fully saturated rings. The fraction of sp³-hybridized carbons (Fsp3) is 1.00. The predicted molar refractivity (Wildman–Crippen MR) is 34.7 cm³/mol. The molecule has 0 aromatic rings. The summed E-state index contributed by atoms with van der Waals surface area (Å²) in [5.74, 6) is 0. The lowest BCUT2D eigenvalue weighted by Gasteiger charge is -2.11. The topological polar surface area (TPSA) is 40.5 Å². The fourth-order valence-electron chi connectivity index (χ4n) is 0. The zero-order valence-electron chi connectivity index (χ0n) is 6.10. The quantitative estimate of drug-likeness (QED) is 0.536. The van der Waals surface area contributed by atoms with Crippen LogP contribution in [-0.4, -0.2) is 22.9 Å². The highest BCUT2D eigenvalue weighted by Crippen LogP contribution is 2.03. The molecule has 2 heteroatoms. The van der Waals surface area contributed by atoms with Crippen molar-refractivity contribution in [3.05, 3.63) is 0 Å². The lowest BCUT2D eigenvalue weighted by Crippen LogP contribution is -2.15. The van der Waals surface area contributed by atoms with Crippen LogP contribution in [0.15, 0.2) is 0 Å². The first-order chi connectivity index (χ1) is 3.56. The van der Waals surface area contributed by atoms with Crippen LogP contribution in [0.3, 0.4) is 0 Å². The summed E-state index contributed by atoms with van der Waals surface area (Å²) < 4.78 is 0. The fourth-order valence-corrected chi connectivity index (χ4v) is 0. The Labute approximate surface area is 51.2 Å². The number of hydrogen-bond donors (Lipinski definition) is 2. The van der Waals surface area contributed by atoms with E-state index in [-0.39, 0.29) is 0 Å². The molecule has 0 spiro atoms. The molecule has 0 radical (unpaired) electrons. The van der Waals surface area contributed by atoms with Crippen molar-refractivity contribution < 1.29 is 10.2 Å². The SMILES string of the molecule is CCC(C)(C)O.CO. The van der Waals surface area contributed by atoms with Gasteiger partial charge in [0.05, 0.1) is 5.60 Å². The van der Waals surface area contributed by atoms with Crippen LogP contribution in [0.4, 0.5) is 0 Å². The van der Waals surface area contributed by atoms with Crippen molar-refractivity contribution in [2.24, 2.45) is 0 Å². The van der Waals surface area contributed by atoms with Crippen molar-refractivity contribution in [3.8, 4) is 0 Å². The Morgan fingerprint density at radius 3 is 1.38 bits per heavy atom. The lowest BCUT2D eigenvalue weighted by molar-refractivity contribution is 0.0765. The van der Waals surface area contributed by atoms with Crippen molar-refractivity contribution in [2.45, 2.75) is 32.8 Å². The standard InChI is InChI=1S/C5H12O.CH4O/c1-4-5(2,3)6;1-2/h6H,4H2,1-3H3;2H,1H3. The van der Waals surface area contributed by atoms with Gasteiger partial charge in [0.15, 0.2) is 0 Å². The minimum absolute atomic E-state index is 0.458. The molecule has 0 aliphatic carbocycles. The Hall–Kier alpha value is -0.0800. The van der Waals surface area contributed by atoms with Gasteiger partial charge in [-0.3, -0.25) is 0 Å². The molecule has 0 heterocycles. The van der Waals surface area contributed by atoms with Crippen LogP contribution in [0.1, 0.15) is 27.2 Å². The van der Waals surface area contributed by atoms with Gasteiger partial charge in [-0.25, -0.2) is 0 Å². The molecule has 0 aliphatic heterocycles. The second-order valence-electron chi connectivity index (χ2n) is 2.17. The maximum absolute atomic E-state index is 8.83. The Kier molecular flexibility index (Phi) is 6.85. The van der Waals surface area contributed by atoms with Gasteiger partial charge in [0.2, 0.25) is 0 Å². The molecule has 0 saturated carbocycles. The lowest BCUT2D eigenvalue weighted by atomic mass is 10.1. The van der Waals surface area contributed by atoms with E-state index in [1.54, 1.807) is 13.8 Å². The van der Waals surface area contributed by atoms with Gasteiger partial charge in [-0.15, -0.1) is 0 Å². The summed E-state index contributed by atoms with van der Waals surface area (Å²) in [6.07, 6.45) is 0.826. The first kappa shape index (κ1) is 10.8. The van der Waals surface area contributed by atoms with Crippen molar-refractivity contribution in [3.63, 3.8) is 0 Å². The first-order valence-corrected chi connectivity index (χ1v) is 2.73. The van der Waals surface area contributed by atoms with E-state index in [0.29, 0.717) is 0 Å². The number of rotatable bonds is 1. The average Bonchev–Trinajstić information content (AvgIpc) is 1.71. The van der Waals surface area contributed by atoms with Gasteiger partial charge in [0.1, 0.15) is 0 Å². The summed E-state index contributed by atoms with van der Waals surface area (Å²) in [5.41, 5.74) is -0.458. The first-order valence-electron chi connectivity index (χ1n) is 2.73. The van der Waals surface area contributed by atoms with Gasteiger partial charge in [-0.1, -0.05) is 6.92 Å². The third-order valence-corrected chi connectivity index (χ3v) is 0.865. The van der Waals surface area contributed by atoms with E-state index >= 15 is 0 Å². The molecule has 0 rings (SSSR count). The van der Waals surface area contributed by atoms with Crippen LogP contribution in [-0.2, 0) is 0 Å².